The molecule has 0 aromatic heterocycles. The first-order valence-electron chi connectivity index (χ1n) is 2.35. The van der Waals surface area contributed by atoms with E-state index in [0.29, 0.717) is 6.04 Å². The van der Waals surface area contributed by atoms with Crippen molar-refractivity contribution >= 4 is 10.8 Å². The van der Waals surface area contributed by atoms with Gasteiger partial charge in [0.25, 0.3) is 0 Å². The largest absolute Gasteiger partial charge is 0.315 e. The number of hydrogen-bond acceptors (Lipinski definition) is 2. The maximum absolute atomic E-state index is 10.3. The standard InChI is InChI=1S/C4H9NOS/c1-5-4-2-7(6)3-4/h4-5H,2-3H2,1H3. The van der Waals surface area contributed by atoms with Crippen LogP contribution >= 0.6 is 0 Å². The van der Waals surface area contributed by atoms with Crippen LogP contribution in [0.15, 0.2) is 0 Å². The second-order valence-electron chi connectivity index (χ2n) is 1.76. The van der Waals surface area contributed by atoms with Crippen molar-refractivity contribution < 1.29 is 4.21 Å². The van der Waals surface area contributed by atoms with Crippen LogP contribution in [0.25, 0.3) is 0 Å². The molecule has 42 valence electrons. The quantitative estimate of drug-likeness (QED) is 0.496. The molecule has 0 bridgehead atoms. The summed E-state index contributed by atoms with van der Waals surface area (Å²) >= 11 is 0. The van der Waals surface area contributed by atoms with Gasteiger partial charge in [-0.3, -0.25) is 4.21 Å². The van der Waals surface area contributed by atoms with Gasteiger partial charge in [-0.2, -0.15) is 0 Å². The Kier molecular flexibility index (Phi) is 1.44. The monoisotopic (exact) mass is 119 g/mol. The summed E-state index contributed by atoms with van der Waals surface area (Å²) in [6.07, 6.45) is 0. The van der Waals surface area contributed by atoms with Crippen LogP contribution < -0.4 is 5.32 Å². The molecular formula is C4H9NOS. The Labute approximate surface area is 45.8 Å². The maximum atomic E-state index is 10.3. The van der Waals surface area contributed by atoms with Gasteiger partial charge in [0.05, 0.1) is 0 Å². The van der Waals surface area contributed by atoms with E-state index in [0.717, 1.165) is 11.5 Å². The predicted molar refractivity (Wildman–Crippen MR) is 30.7 cm³/mol. The van der Waals surface area contributed by atoms with Crippen molar-refractivity contribution in [3.8, 4) is 0 Å². The zero-order chi connectivity index (χ0) is 5.28. The molecule has 1 N–H and O–H groups in total. The molecule has 0 spiro atoms. The van der Waals surface area contributed by atoms with Crippen molar-refractivity contribution in [2.45, 2.75) is 6.04 Å². The minimum atomic E-state index is -0.484. The van der Waals surface area contributed by atoms with Crippen molar-refractivity contribution in [1.29, 1.82) is 0 Å². The first-order valence-corrected chi connectivity index (χ1v) is 3.84. The number of hydrogen-bond donors (Lipinski definition) is 1. The summed E-state index contributed by atoms with van der Waals surface area (Å²) in [6.45, 7) is 0. The molecule has 0 unspecified atom stereocenters. The second-order valence-corrected chi connectivity index (χ2v) is 3.31. The molecule has 0 aromatic rings. The Morgan fingerprint density at radius 2 is 2.29 bits per heavy atom. The molecule has 1 aliphatic heterocycles. The van der Waals surface area contributed by atoms with Crippen molar-refractivity contribution in [1.82, 2.24) is 5.32 Å². The Morgan fingerprint density at radius 3 is 2.43 bits per heavy atom. The van der Waals surface area contributed by atoms with Crippen LogP contribution in [0.2, 0.25) is 0 Å². The smallest absolute Gasteiger partial charge is 0.0398 e. The van der Waals surface area contributed by atoms with Crippen LogP contribution in [-0.2, 0) is 10.8 Å². The molecule has 0 aromatic carbocycles. The lowest BCUT2D eigenvalue weighted by Gasteiger charge is -2.23. The third kappa shape index (κ3) is 1.01. The van der Waals surface area contributed by atoms with Gasteiger partial charge in [-0.15, -0.1) is 0 Å². The van der Waals surface area contributed by atoms with Crippen molar-refractivity contribution in [3.05, 3.63) is 0 Å². The van der Waals surface area contributed by atoms with E-state index in [1.54, 1.807) is 0 Å². The van der Waals surface area contributed by atoms with Crippen LogP contribution in [0.3, 0.4) is 0 Å². The first-order chi connectivity index (χ1) is 3.33. The van der Waals surface area contributed by atoms with Crippen LogP contribution in [0.5, 0.6) is 0 Å². The molecule has 1 fully saturated rings. The SMILES string of the molecule is CNC1CS(=O)C1. The number of nitrogens with one attached hydrogen (secondary N) is 1. The van der Waals surface area contributed by atoms with Gasteiger partial charge in [-0.1, -0.05) is 0 Å². The van der Waals surface area contributed by atoms with Gasteiger partial charge in [0, 0.05) is 28.3 Å². The zero-order valence-corrected chi connectivity index (χ0v) is 5.12. The van der Waals surface area contributed by atoms with Gasteiger partial charge in [-0.05, 0) is 7.05 Å². The zero-order valence-electron chi connectivity index (χ0n) is 4.31. The molecule has 0 aliphatic carbocycles. The summed E-state index contributed by atoms with van der Waals surface area (Å²) in [5.41, 5.74) is 0. The average Bonchev–Trinajstić information content (AvgIpc) is 1.58. The summed E-state index contributed by atoms with van der Waals surface area (Å²) in [7, 11) is 1.42. The normalized spacial score (nSPS) is 40.1. The van der Waals surface area contributed by atoms with E-state index < -0.39 is 10.8 Å². The molecule has 1 heterocycles. The van der Waals surface area contributed by atoms with Crippen LogP contribution in [-0.4, -0.2) is 28.8 Å². The first kappa shape index (κ1) is 5.25. The lowest BCUT2D eigenvalue weighted by atomic mass is 10.4. The highest BCUT2D eigenvalue weighted by atomic mass is 32.2. The number of rotatable bonds is 1. The van der Waals surface area contributed by atoms with Crippen molar-refractivity contribution in [2.75, 3.05) is 18.6 Å². The van der Waals surface area contributed by atoms with E-state index >= 15 is 0 Å². The van der Waals surface area contributed by atoms with Gasteiger partial charge < -0.3 is 5.32 Å². The Balaban J connectivity index is 2.17. The molecule has 0 atom stereocenters. The highest BCUT2D eigenvalue weighted by molar-refractivity contribution is 7.86. The molecule has 1 saturated heterocycles. The molecular weight excluding hydrogens is 110 g/mol. The maximum Gasteiger partial charge on any atom is 0.0398 e. The lowest BCUT2D eigenvalue weighted by molar-refractivity contribution is 0.604. The second kappa shape index (κ2) is 1.92. The summed E-state index contributed by atoms with van der Waals surface area (Å²) in [6, 6.07) is 0.542. The molecule has 1 rings (SSSR count). The molecule has 0 saturated carbocycles. The molecule has 1 aliphatic rings. The van der Waals surface area contributed by atoms with Crippen molar-refractivity contribution in [2.24, 2.45) is 0 Å². The van der Waals surface area contributed by atoms with E-state index in [1.807, 2.05) is 7.05 Å². The fourth-order valence-electron chi connectivity index (χ4n) is 0.567. The van der Waals surface area contributed by atoms with Crippen molar-refractivity contribution in [3.63, 3.8) is 0 Å². The third-order valence-corrected chi connectivity index (χ3v) is 2.73. The molecule has 0 radical (unpaired) electrons. The fraction of sp³-hybridized carbons (Fsp3) is 1.00. The molecule has 3 heteroatoms. The topological polar surface area (TPSA) is 29.1 Å². The Hall–Kier alpha value is 0.110. The lowest BCUT2D eigenvalue weighted by Crippen LogP contribution is -2.45. The van der Waals surface area contributed by atoms with Gasteiger partial charge in [0.15, 0.2) is 0 Å². The highest BCUT2D eigenvalue weighted by Crippen LogP contribution is 2.02. The van der Waals surface area contributed by atoms with Gasteiger partial charge in [-0.25, -0.2) is 0 Å². The van der Waals surface area contributed by atoms with E-state index in [2.05, 4.69) is 5.32 Å². The summed E-state index contributed by atoms with van der Waals surface area (Å²) < 4.78 is 10.3. The summed E-state index contributed by atoms with van der Waals surface area (Å²) in [5.74, 6) is 1.72. The predicted octanol–water partition coefficient (Wildman–Crippen LogP) is -0.663. The summed E-state index contributed by atoms with van der Waals surface area (Å²) in [4.78, 5) is 0. The molecule has 2 nitrogen and oxygen atoms in total. The average molecular weight is 119 g/mol. The Morgan fingerprint density at radius 1 is 1.71 bits per heavy atom. The fourth-order valence-corrected chi connectivity index (χ4v) is 1.70. The Bertz CT molecular complexity index is 85.7. The van der Waals surface area contributed by atoms with Gasteiger partial charge in [0.2, 0.25) is 0 Å². The summed E-state index contributed by atoms with van der Waals surface area (Å²) in [5, 5.41) is 3.04. The van der Waals surface area contributed by atoms with E-state index in [4.69, 9.17) is 0 Å². The highest BCUT2D eigenvalue weighted by Gasteiger charge is 2.22. The minimum Gasteiger partial charge on any atom is -0.315 e. The minimum absolute atomic E-state index is 0.484. The van der Waals surface area contributed by atoms with Gasteiger partial charge >= 0.3 is 0 Å². The van der Waals surface area contributed by atoms with E-state index in [1.165, 1.54) is 0 Å². The molecule has 0 amide bonds. The van der Waals surface area contributed by atoms with Gasteiger partial charge in [0.1, 0.15) is 0 Å². The van der Waals surface area contributed by atoms with Crippen LogP contribution in [0.1, 0.15) is 0 Å². The van der Waals surface area contributed by atoms with Crippen LogP contribution in [0, 0.1) is 0 Å². The van der Waals surface area contributed by atoms with E-state index in [9.17, 15) is 4.21 Å². The van der Waals surface area contributed by atoms with Crippen LogP contribution in [0.4, 0.5) is 0 Å². The third-order valence-electron chi connectivity index (χ3n) is 1.18. The van der Waals surface area contributed by atoms with E-state index in [-0.39, 0.29) is 0 Å². The molecule has 7 heavy (non-hydrogen) atoms.